The molecule has 4 aromatic rings. The van der Waals surface area contributed by atoms with Crippen LogP contribution in [-0.2, 0) is 24.2 Å². The van der Waals surface area contributed by atoms with Crippen molar-refractivity contribution < 1.29 is 27.8 Å². The number of nitrogens with zero attached hydrogens (tertiary/aromatic N) is 2. The molecule has 3 aromatic carbocycles. The van der Waals surface area contributed by atoms with Crippen molar-refractivity contribution in [1.29, 1.82) is 0 Å². The molecule has 1 amide bonds. The normalized spacial score (nSPS) is 11.4. The average Bonchev–Trinajstić information content (AvgIpc) is 3.08. The summed E-state index contributed by atoms with van der Waals surface area (Å²) in [5.41, 5.74) is 2.21. The number of aryl methyl sites for hydroxylation is 1. The van der Waals surface area contributed by atoms with E-state index in [4.69, 9.17) is 23.8 Å². The van der Waals surface area contributed by atoms with Crippen LogP contribution in [0.25, 0.3) is 5.69 Å². The fourth-order valence-electron chi connectivity index (χ4n) is 3.78. The Morgan fingerprint density at radius 3 is 2.27 bits per heavy atom. The average molecular weight is 548 g/mol. The van der Waals surface area contributed by atoms with Gasteiger partial charge in [-0.25, -0.2) is 0 Å². The van der Waals surface area contributed by atoms with Crippen molar-refractivity contribution in [2.75, 3.05) is 5.32 Å². The van der Waals surface area contributed by atoms with Crippen LogP contribution in [0.1, 0.15) is 11.3 Å². The standard InChI is InChI=1S/C26H21ClF3N3O3S/c27-18-8-6-17(7-9-18)14-15-32-22(24(35)33(25(32)37)20-4-2-1-3-5-20)16-23(34)31-19-10-12-21(13-11-19)36-26(28,29)30/h1-13,35H,14-16H2,(H,31,34). The zero-order valence-electron chi connectivity index (χ0n) is 19.2. The van der Waals surface area contributed by atoms with Crippen molar-refractivity contribution >= 4 is 35.4 Å². The Hall–Kier alpha value is -3.76. The van der Waals surface area contributed by atoms with Crippen molar-refractivity contribution in [3.8, 4) is 17.3 Å². The Balaban J connectivity index is 1.58. The van der Waals surface area contributed by atoms with Gasteiger partial charge in [-0.05, 0) is 72.7 Å². The SMILES string of the molecule is O=C(Cc1c(O)n(-c2ccccc2)c(=S)n1CCc1ccc(Cl)cc1)Nc1ccc(OC(F)(F)F)cc1. The maximum Gasteiger partial charge on any atom is 0.573 e. The third-order valence-electron chi connectivity index (χ3n) is 5.47. The van der Waals surface area contributed by atoms with E-state index in [-0.39, 0.29) is 18.0 Å². The van der Waals surface area contributed by atoms with E-state index in [1.807, 2.05) is 18.2 Å². The third-order valence-corrected chi connectivity index (χ3v) is 6.12. The number of hydrogen-bond donors (Lipinski definition) is 2. The van der Waals surface area contributed by atoms with Crippen LogP contribution < -0.4 is 10.1 Å². The smallest absolute Gasteiger partial charge is 0.493 e. The molecule has 0 atom stereocenters. The molecule has 11 heteroatoms. The lowest BCUT2D eigenvalue weighted by Crippen LogP contribution is -2.18. The van der Waals surface area contributed by atoms with Gasteiger partial charge in [-0.1, -0.05) is 41.9 Å². The third kappa shape index (κ3) is 6.72. The van der Waals surface area contributed by atoms with Crippen LogP contribution in [0.4, 0.5) is 18.9 Å². The van der Waals surface area contributed by atoms with Gasteiger partial charge in [0.1, 0.15) is 5.75 Å². The number of carbonyl (C=O) groups excluding carboxylic acids is 1. The maximum atomic E-state index is 12.9. The van der Waals surface area contributed by atoms with Crippen molar-refractivity contribution in [3.63, 3.8) is 0 Å². The number of hydrogen-bond acceptors (Lipinski definition) is 4. The van der Waals surface area contributed by atoms with Crippen molar-refractivity contribution in [3.05, 3.63) is 99.9 Å². The van der Waals surface area contributed by atoms with Gasteiger partial charge < -0.3 is 19.7 Å². The topological polar surface area (TPSA) is 68.4 Å². The quantitative estimate of drug-likeness (QED) is 0.241. The molecule has 0 saturated heterocycles. The van der Waals surface area contributed by atoms with Crippen molar-refractivity contribution in [2.24, 2.45) is 0 Å². The van der Waals surface area contributed by atoms with Crippen LogP contribution in [0.3, 0.4) is 0 Å². The van der Waals surface area contributed by atoms with Gasteiger partial charge in [0.25, 0.3) is 0 Å². The number of halogens is 4. The highest BCUT2D eigenvalue weighted by Crippen LogP contribution is 2.28. The van der Waals surface area contributed by atoms with Crippen LogP contribution >= 0.6 is 23.8 Å². The number of para-hydroxylation sites is 1. The summed E-state index contributed by atoms with van der Waals surface area (Å²) < 4.78 is 44.5. The summed E-state index contributed by atoms with van der Waals surface area (Å²) in [5, 5.41) is 14.3. The summed E-state index contributed by atoms with van der Waals surface area (Å²) in [5.74, 6) is -1.06. The molecular weight excluding hydrogens is 527 g/mol. The minimum absolute atomic E-state index is 0.170. The van der Waals surface area contributed by atoms with Crippen LogP contribution in [0.5, 0.6) is 11.6 Å². The number of aromatic nitrogens is 2. The highest BCUT2D eigenvalue weighted by molar-refractivity contribution is 7.71. The Morgan fingerprint density at radius 2 is 1.65 bits per heavy atom. The highest BCUT2D eigenvalue weighted by Gasteiger charge is 2.31. The summed E-state index contributed by atoms with van der Waals surface area (Å²) in [6.07, 6.45) is -4.47. The second kappa shape index (κ2) is 11.1. The summed E-state index contributed by atoms with van der Waals surface area (Å²) in [6.45, 7) is 0.389. The van der Waals surface area contributed by atoms with E-state index in [9.17, 15) is 23.1 Å². The summed E-state index contributed by atoms with van der Waals surface area (Å²) >= 11 is 11.6. The molecule has 0 bridgehead atoms. The number of alkyl halides is 3. The number of imidazole rings is 1. The second-order valence-electron chi connectivity index (χ2n) is 8.05. The van der Waals surface area contributed by atoms with Crippen molar-refractivity contribution in [2.45, 2.75) is 25.7 Å². The Morgan fingerprint density at radius 1 is 1.00 bits per heavy atom. The van der Waals surface area contributed by atoms with Gasteiger partial charge in [-0.3, -0.25) is 9.36 Å². The van der Waals surface area contributed by atoms with Crippen molar-refractivity contribution in [1.82, 2.24) is 9.13 Å². The number of benzene rings is 3. The zero-order valence-corrected chi connectivity index (χ0v) is 20.8. The molecule has 1 aromatic heterocycles. The summed E-state index contributed by atoms with van der Waals surface area (Å²) in [4.78, 5) is 12.9. The summed E-state index contributed by atoms with van der Waals surface area (Å²) in [7, 11) is 0. The van der Waals surface area contributed by atoms with Crippen LogP contribution in [-0.4, -0.2) is 26.5 Å². The van der Waals surface area contributed by atoms with E-state index in [1.54, 1.807) is 41.0 Å². The fourth-order valence-corrected chi connectivity index (χ4v) is 4.30. The first-order chi connectivity index (χ1) is 17.6. The molecule has 0 aliphatic carbocycles. The lowest BCUT2D eigenvalue weighted by molar-refractivity contribution is -0.274. The number of rotatable bonds is 8. The van der Waals surface area contributed by atoms with Gasteiger partial charge in [0.15, 0.2) is 4.77 Å². The molecule has 4 rings (SSSR count). The number of ether oxygens (including phenoxy) is 1. The first kappa shape index (κ1) is 26.3. The van der Waals surface area contributed by atoms with Gasteiger partial charge >= 0.3 is 6.36 Å². The van der Waals surface area contributed by atoms with Gasteiger partial charge in [0.05, 0.1) is 17.8 Å². The number of anilines is 1. The molecule has 37 heavy (non-hydrogen) atoms. The van der Waals surface area contributed by atoms with E-state index in [0.717, 1.165) is 17.7 Å². The predicted molar refractivity (Wildman–Crippen MR) is 137 cm³/mol. The van der Waals surface area contributed by atoms with E-state index >= 15 is 0 Å². The Kier molecular flexibility index (Phi) is 7.89. The molecule has 0 fully saturated rings. The fraction of sp³-hybridized carbons (Fsp3) is 0.154. The van der Waals surface area contributed by atoms with Gasteiger partial charge in [-0.15, -0.1) is 13.2 Å². The maximum absolute atomic E-state index is 12.9. The van der Waals surface area contributed by atoms with Gasteiger partial charge in [-0.2, -0.15) is 0 Å². The highest BCUT2D eigenvalue weighted by atomic mass is 35.5. The largest absolute Gasteiger partial charge is 0.573 e. The molecule has 0 aliphatic heterocycles. The molecule has 0 radical (unpaired) electrons. The molecule has 1 heterocycles. The van der Waals surface area contributed by atoms with E-state index < -0.39 is 18.0 Å². The van der Waals surface area contributed by atoms with Gasteiger partial charge in [0.2, 0.25) is 11.8 Å². The van der Waals surface area contributed by atoms with Crippen LogP contribution in [0.15, 0.2) is 78.9 Å². The van der Waals surface area contributed by atoms with Gasteiger partial charge in [0, 0.05) is 17.3 Å². The predicted octanol–water partition coefficient (Wildman–Crippen LogP) is 6.69. The number of aromatic hydroxyl groups is 1. The minimum Gasteiger partial charge on any atom is -0.493 e. The van der Waals surface area contributed by atoms with E-state index in [2.05, 4.69) is 10.1 Å². The van der Waals surface area contributed by atoms with E-state index in [1.165, 1.54) is 16.7 Å². The zero-order chi connectivity index (χ0) is 26.6. The molecule has 2 N–H and O–H groups in total. The monoisotopic (exact) mass is 547 g/mol. The Labute approximate surface area is 220 Å². The molecular formula is C26H21ClF3N3O3S. The lowest BCUT2D eigenvalue weighted by atomic mass is 10.1. The molecule has 0 saturated carbocycles. The number of carbonyl (C=O) groups is 1. The summed E-state index contributed by atoms with van der Waals surface area (Å²) in [6, 6.07) is 21.1. The molecule has 192 valence electrons. The van der Waals surface area contributed by atoms with Crippen LogP contribution in [0.2, 0.25) is 5.02 Å². The number of nitrogens with one attached hydrogen (secondary N) is 1. The first-order valence-corrected chi connectivity index (χ1v) is 11.9. The first-order valence-electron chi connectivity index (χ1n) is 11.1. The number of amides is 1. The lowest BCUT2D eigenvalue weighted by Gasteiger charge is -2.11. The van der Waals surface area contributed by atoms with Crippen LogP contribution in [0, 0.1) is 4.77 Å². The molecule has 0 spiro atoms. The molecule has 0 aliphatic rings. The second-order valence-corrected chi connectivity index (χ2v) is 8.85. The van der Waals surface area contributed by atoms with E-state index in [0.29, 0.717) is 34.1 Å². The molecule has 0 unspecified atom stereocenters. The minimum atomic E-state index is -4.81. The Bertz CT molecular complexity index is 1430. The molecule has 6 nitrogen and oxygen atoms in total.